The van der Waals surface area contributed by atoms with E-state index in [9.17, 15) is 18.4 Å². The van der Waals surface area contributed by atoms with Crippen LogP contribution < -0.4 is 4.90 Å². The van der Waals surface area contributed by atoms with Crippen LogP contribution in [0, 0.1) is 11.3 Å². The van der Waals surface area contributed by atoms with Crippen molar-refractivity contribution in [2.24, 2.45) is 0 Å². The maximum atomic E-state index is 12.9. The molecule has 4 nitrogen and oxygen atoms in total. The third kappa shape index (κ3) is 4.01. The molecular weight excluding hydrogens is 365 g/mol. The number of allylic oxidation sites excluding steroid dienone is 1. The number of H-pyrrole nitrogens is 1. The molecule has 3 aromatic rings. The van der Waals surface area contributed by atoms with E-state index in [1.54, 1.807) is 6.08 Å². The molecule has 0 saturated heterocycles. The molecule has 7 heteroatoms. The Morgan fingerprint density at radius 2 is 1.82 bits per heavy atom. The third-order valence-corrected chi connectivity index (χ3v) is 4.52. The molecule has 0 saturated carbocycles. The molecule has 0 aliphatic carbocycles. The minimum absolute atomic E-state index is 0.239. The summed E-state index contributed by atoms with van der Waals surface area (Å²) in [4.78, 5) is 9.28. The van der Waals surface area contributed by atoms with Gasteiger partial charge in [0.15, 0.2) is 0 Å². The first-order valence-corrected chi connectivity index (χ1v) is 8.89. The van der Waals surface area contributed by atoms with Crippen molar-refractivity contribution in [3.8, 4) is 6.07 Å². The Balaban J connectivity index is 1.93. The average molecular weight is 384 g/mol. The van der Waals surface area contributed by atoms with Crippen LogP contribution in [0.4, 0.5) is 18.9 Å². The second-order valence-corrected chi connectivity index (χ2v) is 6.25. The molecule has 1 N–H and O–H groups in total. The summed E-state index contributed by atoms with van der Waals surface area (Å²) in [7, 11) is 0. The zero-order valence-corrected chi connectivity index (χ0v) is 15.5. The summed E-state index contributed by atoms with van der Waals surface area (Å²) in [5.74, 6) is 0.240. The van der Waals surface area contributed by atoms with Crippen molar-refractivity contribution in [2.45, 2.75) is 20.0 Å². The topological polar surface area (TPSA) is 55.7 Å². The summed E-state index contributed by atoms with van der Waals surface area (Å²) >= 11 is 0. The first kappa shape index (κ1) is 19.5. The summed E-state index contributed by atoms with van der Waals surface area (Å²) in [5, 5.41) is 9.50. The van der Waals surface area contributed by atoms with Crippen molar-refractivity contribution >= 4 is 28.4 Å². The third-order valence-electron chi connectivity index (χ3n) is 4.52. The van der Waals surface area contributed by atoms with E-state index >= 15 is 0 Å². The number of imidazole rings is 1. The maximum Gasteiger partial charge on any atom is 0.416 e. The molecule has 1 aromatic heterocycles. The van der Waals surface area contributed by atoms with Crippen molar-refractivity contribution < 1.29 is 13.2 Å². The summed E-state index contributed by atoms with van der Waals surface area (Å²) in [6.45, 7) is 5.95. The van der Waals surface area contributed by atoms with E-state index in [0.29, 0.717) is 5.52 Å². The quantitative estimate of drug-likeness (QED) is 0.592. The summed E-state index contributed by atoms with van der Waals surface area (Å²) in [6.07, 6.45) is -2.77. The number of hydrogen-bond acceptors (Lipinski definition) is 3. The van der Waals surface area contributed by atoms with Crippen LogP contribution in [-0.4, -0.2) is 23.1 Å². The SMILES string of the molecule is CCN(CC)c1ccc(/C=C(\C#N)c2nc3ccc(C(F)(F)F)cc3[nH]2)cc1. The highest BCUT2D eigenvalue weighted by atomic mass is 19.4. The zero-order valence-electron chi connectivity index (χ0n) is 15.5. The van der Waals surface area contributed by atoms with Gasteiger partial charge in [-0.3, -0.25) is 0 Å². The Bertz CT molecular complexity index is 1040. The molecule has 0 aliphatic rings. The molecule has 0 radical (unpaired) electrons. The number of hydrogen-bond donors (Lipinski definition) is 1. The van der Waals surface area contributed by atoms with Crippen LogP contribution in [0.2, 0.25) is 0 Å². The number of fused-ring (bicyclic) bond motifs is 1. The largest absolute Gasteiger partial charge is 0.416 e. The number of nitriles is 1. The molecule has 0 fully saturated rings. The molecule has 1 heterocycles. The second-order valence-electron chi connectivity index (χ2n) is 6.25. The Hall–Kier alpha value is -3.27. The smallest absolute Gasteiger partial charge is 0.372 e. The van der Waals surface area contributed by atoms with Crippen molar-refractivity contribution in [3.63, 3.8) is 0 Å². The molecule has 0 bridgehead atoms. The highest BCUT2D eigenvalue weighted by Gasteiger charge is 2.30. The number of alkyl halides is 3. The fourth-order valence-corrected chi connectivity index (χ4v) is 3.00. The molecule has 3 rings (SSSR count). The summed E-state index contributed by atoms with van der Waals surface area (Å²) in [6, 6.07) is 13.1. The monoisotopic (exact) mass is 384 g/mol. The van der Waals surface area contributed by atoms with Crippen LogP contribution in [0.25, 0.3) is 22.7 Å². The van der Waals surface area contributed by atoms with Crippen molar-refractivity contribution in [2.75, 3.05) is 18.0 Å². The molecule has 0 aliphatic heterocycles. The number of halogens is 3. The highest BCUT2D eigenvalue weighted by Crippen LogP contribution is 2.31. The minimum Gasteiger partial charge on any atom is -0.372 e. The standard InChI is InChI=1S/C21H19F3N4/c1-3-28(4-2)17-8-5-14(6-9-17)11-15(13-25)20-26-18-10-7-16(21(22,23)24)12-19(18)27-20/h5-12H,3-4H2,1-2H3,(H,26,27)/b15-11+. The van der Waals surface area contributed by atoms with Crippen molar-refractivity contribution in [3.05, 3.63) is 59.4 Å². The van der Waals surface area contributed by atoms with Gasteiger partial charge in [0.2, 0.25) is 0 Å². The van der Waals surface area contributed by atoms with Gasteiger partial charge < -0.3 is 9.88 Å². The van der Waals surface area contributed by atoms with Crippen LogP contribution in [-0.2, 0) is 6.18 Å². The molecule has 0 atom stereocenters. The van der Waals surface area contributed by atoms with Crippen LogP contribution in [0.5, 0.6) is 0 Å². The van der Waals surface area contributed by atoms with E-state index in [1.165, 1.54) is 6.07 Å². The Kier molecular flexibility index (Phi) is 5.41. The van der Waals surface area contributed by atoms with Crippen LogP contribution in [0.1, 0.15) is 30.8 Å². The summed E-state index contributed by atoms with van der Waals surface area (Å²) in [5.41, 5.74) is 2.00. The van der Waals surface area contributed by atoms with Gasteiger partial charge in [0, 0.05) is 18.8 Å². The van der Waals surface area contributed by atoms with Crippen LogP contribution in [0.15, 0.2) is 42.5 Å². The molecule has 0 amide bonds. The average Bonchev–Trinajstić information content (AvgIpc) is 3.10. The Morgan fingerprint density at radius 3 is 2.39 bits per heavy atom. The van der Waals surface area contributed by atoms with Crippen molar-refractivity contribution in [1.29, 1.82) is 5.26 Å². The van der Waals surface area contributed by atoms with Gasteiger partial charge in [-0.25, -0.2) is 4.98 Å². The van der Waals surface area contributed by atoms with E-state index < -0.39 is 11.7 Å². The normalized spacial score (nSPS) is 12.2. The minimum atomic E-state index is -4.43. The lowest BCUT2D eigenvalue weighted by Gasteiger charge is -2.20. The predicted octanol–water partition coefficient (Wildman–Crippen LogP) is 5.49. The van der Waals surface area contributed by atoms with Gasteiger partial charge in [-0.1, -0.05) is 12.1 Å². The fraction of sp³-hybridized carbons (Fsp3) is 0.238. The fourth-order valence-electron chi connectivity index (χ4n) is 3.00. The lowest BCUT2D eigenvalue weighted by Crippen LogP contribution is -2.21. The second kappa shape index (κ2) is 7.77. The number of benzene rings is 2. The van der Waals surface area contributed by atoms with Gasteiger partial charge in [0.1, 0.15) is 11.9 Å². The van der Waals surface area contributed by atoms with Gasteiger partial charge in [0.05, 0.1) is 22.2 Å². The zero-order chi connectivity index (χ0) is 20.3. The molecular formula is C21H19F3N4. The number of aromatic nitrogens is 2. The number of anilines is 1. The Morgan fingerprint density at radius 1 is 1.14 bits per heavy atom. The molecule has 144 valence electrons. The van der Waals surface area contributed by atoms with Gasteiger partial charge in [0.25, 0.3) is 0 Å². The first-order valence-electron chi connectivity index (χ1n) is 8.89. The first-order chi connectivity index (χ1) is 13.4. The molecule has 2 aromatic carbocycles. The van der Waals surface area contributed by atoms with E-state index in [1.807, 2.05) is 24.3 Å². The van der Waals surface area contributed by atoms with Gasteiger partial charge in [-0.2, -0.15) is 18.4 Å². The molecule has 28 heavy (non-hydrogen) atoms. The number of rotatable bonds is 5. The van der Waals surface area contributed by atoms with E-state index in [-0.39, 0.29) is 16.9 Å². The van der Waals surface area contributed by atoms with Crippen molar-refractivity contribution in [1.82, 2.24) is 9.97 Å². The number of nitrogens with one attached hydrogen (secondary N) is 1. The van der Waals surface area contributed by atoms with Gasteiger partial charge >= 0.3 is 6.18 Å². The number of nitrogens with zero attached hydrogens (tertiary/aromatic N) is 3. The van der Waals surface area contributed by atoms with E-state index in [2.05, 4.69) is 34.8 Å². The van der Waals surface area contributed by atoms with Crippen LogP contribution >= 0.6 is 0 Å². The molecule has 0 unspecified atom stereocenters. The highest BCUT2D eigenvalue weighted by molar-refractivity contribution is 5.90. The lowest BCUT2D eigenvalue weighted by molar-refractivity contribution is -0.137. The summed E-state index contributed by atoms with van der Waals surface area (Å²) < 4.78 is 38.6. The number of aromatic amines is 1. The maximum absolute atomic E-state index is 12.9. The van der Waals surface area contributed by atoms with E-state index in [4.69, 9.17) is 0 Å². The molecule has 0 spiro atoms. The van der Waals surface area contributed by atoms with Gasteiger partial charge in [-0.05, 0) is 55.8 Å². The Labute approximate surface area is 160 Å². The van der Waals surface area contributed by atoms with E-state index in [0.717, 1.165) is 36.5 Å². The van der Waals surface area contributed by atoms with Gasteiger partial charge in [-0.15, -0.1) is 0 Å². The predicted molar refractivity (Wildman–Crippen MR) is 105 cm³/mol. The lowest BCUT2D eigenvalue weighted by atomic mass is 10.1. The van der Waals surface area contributed by atoms with Crippen LogP contribution in [0.3, 0.4) is 0 Å².